The lowest BCUT2D eigenvalue weighted by Crippen LogP contribution is -2.27. The van der Waals surface area contributed by atoms with E-state index in [1.807, 2.05) is 18.4 Å². The van der Waals surface area contributed by atoms with E-state index >= 15 is 0 Å². The summed E-state index contributed by atoms with van der Waals surface area (Å²) in [6.07, 6.45) is 1.88. The van der Waals surface area contributed by atoms with Crippen LogP contribution in [-0.4, -0.2) is 35.3 Å². The number of hydrogen-bond donors (Lipinski definition) is 0. The number of esters is 1. The molecule has 0 radical (unpaired) electrons. The Bertz CT molecular complexity index is 426. The molecule has 1 aromatic rings. The molecular weight excluding hydrogens is 220 g/mol. The number of carbonyl (C=O) groups is 1. The van der Waals surface area contributed by atoms with Crippen molar-refractivity contribution >= 4 is 5.97 Å². The second-order valence-electron chi connectivity index (χ2n) is 4.18. The van der Waals surface area contributed by atoms with E-state index in [1.54, 1.807) is 7.11 Å². The summed E-state index contributed by atoms with van der Waals surface area (Å²) in [7, 11) is 1.71. The Hall–Kier alpha value is -1.36. The monoisotopic (exact) mass is 238 g/mol. The number of fused-ring (bicyclic) bond motifs is 1. The molecule has 0 aliphatic carbocycles. The molecule has 1 atom stereocenters. The maximum atomic E-state index is 11.8. The molecule has 1 aliphatic heterocycles. The topological polar surface area (TPSA) is 53.3 Å². The van der Waals surface area contributed by atoms with Gasteiger partial charge in [-0.25, -0.2) is 9.78 Å². The molecule has 0 aromatic carbocycles. The van der Waals surface area contributed by atoms with Crippen LogP contribution >= 0.6 is 0 Å². The second-order valence-corrected chi connectivity index (χ2v) is 4.18. The van der Waals surface area contributed by atoms with Crippen LogP contribution in [-0.2, 0) is 22.4 Å². The minimum absolute atomic E-state index is 0.208. The van der Waals surface area contributed by atoms with Gasteiger partial charge in [0.1, 0.15) is 11.5 Å². The summed E-state index contributed by atoms with van der Waals surface area (Å²) < 4.78 is 12.4. The van der Waals surface area contributed by atoms with Crippen molar-refractivity contribution in [2.45, 2.75) is 39.3 Å². The van der Waals surface area contributed by atoms with Crippen LogP contribution in [0.2, 0.25) is 0 Å². The van der Waals surface area contributed by atoms with Gasteiger partial charge in [0.2, 0.25) is 0 Å². The first-order chi connectivity index (χ1) is 8.17. The molecule has 0 N–H and O–H groups in total. The zero-order valence-corrected chi connectivity index (χ0v) is 10.5. The zero-order valence-electron chi connectivity index (χ0n) is 10.5. The maximum absolute atomic E-state index is 11.8. The molecule has 5 heteroatoms. The van der Waals surface area contributed by atoms with Crippen LogP contribution in [0.3, 0.4) is 0 Å². The number of nitrogens with zero attached hydrogens (tertiary/aromatic N) is 2. The van der Waals surface area contributed by atoms with E-state index in [1.165, 1.54) is 0 Å². The van der Waals surface area contributed by atoms with Crippen molar-refractivity contribution in [1.82, 2.24) is 9.55 Å². The molecule has 2 heterocycles. The lowest BCUT2D eigenvalue weighted by Gasteiger charge is -2.22. The molecule has 1 aromatic heterocycles. The first kappa shape index (κ1) is 12.1. The van der Waals surface area contributed by atoms with Gasteiger partial charge in [-0.3, -0.25) is 0 Å². The van der Waals surface area contributed by atoms with Crippen LogP contribution in [0.15, 0.2) is 0 Å². The Morgan fingerprint density at radius 1 is 1.59 bits per heavy atom. The summed E-state index contributed by atoms with van der Waals surface area (Å²) in [5, 5.41) is 0. The fourth-order valence-electron chi connectivity index (χ4n) is 2.27. The van der Waals surface area contributed by atoms with Gasteiger partial charge in [-0.05, 0) is 20.3 Å². The summed E-state index contributed by atoms with van der Waals surface area (Å²) in [6.45, 7) is 4.81. The molecular formula is C12H18N2O3. The third-order valence-electron chi connectivity index (χ3n) is 3.11. The molecule has 94 valence electrons. The molecule has 2 rings (SSSR count). The minimum Gasteiger partial charge on any atom is -0.461 e. The van der Waals surface area contributed by atoms with Crippen LogP contribution in [0.4, 0.5) is 0 Å². The standard InChI is InChI=1S/C12H18N2O3/c1-4-17-12(15)11-8(2)13-10-7-9(16-3)5-6-14(10)11/h9H,4-7H2,1-3H3. The lowest BCUT2D eigenvalue weighted by molar-refractivity contribution is 0.0499. The Kier molecular flexibility index (Phi) is 3.47. The highest BCUT2D eigenvalue weighted by molar-refractivity contribution is 5.89. The summed E-state index contributed by atoms with van der Waals surface area (Å²) >= 11 is 0. The molecule has 0 saturated carbocycles. The third-order valence-corrected chi connectivity index (χ3v) is 3.11. The Labute approximate surface area is 101 Å². The van der Waals surface area contributed by atoms with E-state index in [2.05, 4.69) is 4.98 Å². The predicted octanol–water partition coefficient (Wildman–Crippen LogP) is 1.33. The van der Waals surface area contributed by atoms with Gasteiger partial charge < -0.3 is 14.0 Å². The largest absolute Gasteiger partial charge is 0.461 e. The number of ether oxygens (including phenoxy) is 2. The Morgan fingerprint density at radius 3 is 3.00 bits per heavy atom. The lowest BCUT2D eigenvalue weighted by atomic mass is 10.1. The van der Waals surface area contributed by atoms with Crippen LogP contribution in [0.25, 0.3) is 0 Å². The number of hydrogen-bond acceptors (Lipinski definition) is 4. The van der Waals surface area contributed by atoms with Crippen LogP contribution in [0, 0.1) is 6.92 Å². The van der Waals surface area contributed by atoms with Crippen molar-refractivity contribution < 1.29 is 14.3 Å². The number of aryl methyl sites for hydroxylation is 1. The highest BCUT2D eigenvalue weighted by Crippen LogP contribution is 2.21. The summed E-state index contributed by atoms with van der Waals surface area (Å²) in [5.41, 5.74) is 1.34. The number of methoxy groups -OCH3 is 1. The summed E-state index contributed by atoms with van der Waals surface area (Å²) in [4.78, 5) is 16.3. The first-order valence-corrected chi connectivity index (χ1v) is 5.93. The van der Waals surface area contributed by atoms with Crippen molar-refractivity contribution in [2.75, 3.05) is 13.7 Å². The van der Waals surface area contributed by atoms with E-state index in [0.717, 1.165) is 30.9 Å². The molecule has 1 unspecified atom stereocenters. The van der Waals surface area contributed by atoms with E-state index in [4.69, 9.17) is 9.47 Å². The van der Waals surface area contributed by atoms with Crippen molar-refractivity contribution in [2.24, 2.45) is 0 Å². The molecule has 0 spiro atoms. The van der Waals surface area contributed by atoms with E-state index < -0.39 is 0 Å². The molecule has 1 aliphatic rings. The zero-order chi connectivity index (χ0) is 12.4. The van der Waals surface area contributed by atoms with Gasteiger partial charge in [-0.2, -0.15) is 0 Å². The average molecular weight is 238 g/mol. The van der Waals surface area contributed by atoms with Crippen LogP contribution in [0.1, 0.15) is 35.4 Å². The molecule has 0 fully saturated rings. The van der Waals surface area contributed by atoms with Crippen LogP contribution in [0.5, 0.6) is 0 Å². The molecule has 0 amide bonds. The van der Waals surface area contributed by atoms with Gasteiger partial charge in [0.15, 0.2) is 0 Å². The molecule has 0 saturated heterocycles. The summed E-state index contributed by atoms with van der Waals surface area (Å²) in [5.74, 6) is 0.642. The van der Waals surface area contributed by atoms with E-state index in [0.29, 0.717) is 12.3 Å². The Morgan fingerprint density at radius 2 is 2.35 bits per heavy atom. The van der Waals surface area contributed by atoms with Gasteiger partial charge in [0.25, 0.3) is 0 Å². The van der Waals surface area contributed by atoms with Crippen LogP contribution < -0.4 is 0 Å². The molecule has 17 heavy (non-hydrogen) atoms. The first-order valence-electron chi connectivity index (χ1n) is 5.93. The quantitative estimate of drug-likeness (QED) is 0.745. The van der Waals surface area contributed by atoms with E-state index in [9.17, 15) is 4.79 Å². The number of imidazole rings is 1. The third kappa shape index (κ3) is 2.20. The molecule has 5 nitrogen and oxygen atoms in total. The summed E-state index contributed by atoms with van der Waals surface area (Å²) in [6, 6.07) is 0. The molecule has 0 bridgehead atoms. The normalized spacial score (nSPS) is 18.9. The highest BCUT2D eigenvalue weighted by Gasteiger charge is 2.27. The predicted molar refractivity (Wildman–Crippen MR) is 62.0 cm³/mol. The SMILES string of the molecule is CCOC(=O)c1c(C)nc2n1CCC(OC)C2. The maximum Gasteiger partial charge on any atom is 0.356 e. The van der Waals surface area contributed by atoms with Crippen molar-refractivity contribution in [3.63, 3.8) is 0 Å². The van der Waals surface area contributed by atoms with Crippen molar-refractivity contribution in [3.05, 3.63) is 17.2 Å². The average Bonchev–Trinajstić information content (AvgIpc) is 2.64. The fourth-order valence-corrected chi connectivity index (χ4v) is 2.27. The fraction of sp³-hybridized carbons (Fsp3) is 0.667. The number of rotatable bonds is 3. The second kappa shape index (κ2) is 4.87. The Balaban J connectivity index is 2.30. The number of aromatic nitrogens is 2. The number of carbonyl (C=O) groups excluding carboxylic acids is 1. The van der Waals surface area contributed by atoms with Gasteiger partial charge in [-0.1, -0.05) is 0 Å². The van der Waals surface area contributed by atoms with Gasteiger partial charge in [-0.15, -0.1) is 0 Å². The minimum atomic E-state index is -0.278. The van der Waals surface area contributed by atoms with Crippen molar-refractivity contribution in [3.8, 4) is 0 Å². The highest BCUT2D eigenvalue weighted by atomic mass is 16.5. The van der Waals surface area contributed by atoms with Crippen molar-refractivity contribution in [1.29, 1.82) is 0 Å². The van der Waals surface area contributed by atoms with Gasteiger partial charge in [0.05, 0.1) is 18.4 Å². The van der Waals surface area contributed by atoms with Gasteiger partial charge in [0, 0.05) is 20.1 Å². The van der Waals surface area contributed by atoms with E-state index in [-0.39, 0.29) is 12.1 Å². The smallest absolute Gasteiger partial charge is 0.356 e. The van der Waals surface area contributed by atoms with Gasteiger partial charge >= 0.3 is 5.97 Å².